The van der Waals surface area contributed by atoms with Crippen molar-refractivity contribution in [3.8, 4) is 0 Å². The van der Waals surface area contributed by atoms with Crippen LogP contribution in [0.4, 0.5) is 13.2 Å². The number of carbonyl (C=O) groups excluding carboxylic acids is 1. The number of H-pyrrole nitrogens is 2. The first kappa shape index (κ1) is 13.9. The number of halogens is 3. The predicted molar refractivity (Wildman–Crippen MR) is 64.0 cm³/mol. The first-order valence-corrected chi connectivity index (χ1v) is 5.58. The Bertz CT molecular complexity index is 659. The highest BCUT2D eigenvalue weighted by Crippen LogP contribution is 2.26. The van der Waals surface area contributed by atoms with Gasteiger partial charge in [-0.15, -0.1) is 0 Å². The number of amides is 1. The molecule has 2 heterocycles. The van der Waals surface area contributed by atoms with Crippen LogP contribution < -0.4 is 10.9 Å². The standard InChI is InChI=1S/C12H10F3N3O2/c13-12(14,15)9-2-1-8(11(20)18-9)10(19)17-6-7-3-4-16-5-7/h1-5,16H,6H2,(H,17,19)(H,18,20). The van der Waals surface area contributed by atoms with Gasteiger partial charge in [0.2, 0.25) is 0 Å². The summed E-state index contributed by atoms with van der Waals surface area (Å²) in [6.07, 6.45) is -1.34. The molecular weight excluding hydrogens is 275 g/mol. The van der Waals surface area contributed by atoms with E-state index >= 15 is 0 Å². The van der Waals surface area contributed by atoms with Gasteiger partial charge in [-0.2, -0.15) is 13.2 Å². The SMILES string of the molecule is O=C(NCc1cc[nH]c1)c1ccc(C(F)(F)F)[nH]c1=O. The molecule has 0 atom stereocenters. The number of hydrogen-bond acceptors (Lipinski definition) is 2. The summed E-state index contributed by atoms with van der Waals surface area (Å²) in [7, 11) is 0. The van der Waals surface area contributed by atoms with Gasteiger partial charge < -0.3 is 15.3 Å². The highest BCUT2D eigenvalue weighted by atomic mass is 19.4. The Morgan fingerprint density at radius 2 is 2.00 bits per heavy atom. The quantitative estimate of drug-likeness (QED) is 0.802. The second kappa shape index (κ2) is 5.24. The molecule has 20 heavy (non-hydrogen) atoms. The lowest BCUT2D eigenvalue weighted by atomic mass is 10.2. The highest BCUT2D eigenvalue weighted by molar-refractivity contribution is 5.93. The number of nitrogens with one attached hydrogen (secondary N) is 3. The van der Waals surface area contributed by atoms with Gasteiger partial charge in [-0.3, -0.25) is 9.59 Å². The zero-order valence-electron chi connectivity index (χ0n) is 10.0. The smallest absolute Gasteiger partial charge is 0.367 e. The fourth-order valence-electron chi connectivity index (χ4n) is 1.56. The summed E-state index contributed by atoms with van der Waals surface area (Å²) in [5.74, 6) is -0.735. The number of alkyl halides is 3. The molecule has 1 amide bonds. The molecule has 8 heteroatoms. The van der Waals surface area contributed by atoms with Crippen molar-refractivity contribution in [1.29, 1.82) is 0 Å². The number of hydrogen-bond donors (Lipinski definition) is 3. The Kier molecular flexibility index (Phi) is 3.64. The van der Waals surface area contributed by atoms with Gasteiger partial charge >= 0.3 is 6.18 Å². The molecule has 0 unspecified atom stereocenters. The summed E-state index contributed by atoms with van der Waals surface area (Å²) in [5.41, 5.74) is -1.86. The molecule has 5 nitrogen and oxygen atoms in total. The lowest BCUT2D eigenvalue weighted by Crippen LogP contribution is -2.30. The van der Waals surface area contributed by atoms with Crippen molar-refractivity contribution in [3.05, 3.63) is 57.8 Å². The molecule has 0 saturated heterocycles. The van der Waals surface area contributed by atoms with Crippen molar-refractivity contribution >= 4 is 5.91 Å². The van der Waals surface area contributed by atoms with E-state index in [1.165, 1.54) is 0 Å². The van der Waals surface area contributed by atoms with E-state index in [2.05, 4.69) is 10.3 Å². The number of pyridine rings is 1. The molecule has 0 bridgehead atoms. The van der Waals surface area contributed by atoms with Gasteiger partial charge in [-0.05, 0) is 23.8 Å². The fourth-order valence-corrected chi connectivity index (χ4v) is 1.56. The second-order valence-corrected chi connectivity index (χ2v) is 4.01. The van der Waals surface area contributed by atoms with Crippen LogP contribution in [0.5, 0.6) is 0 Å². The monoisotopic (exact) mass is 285 g/mol. The van der Waals surface area contributed by atoms with Crippen LogP contribution in [0.15, 0.2) is 35.4 Å². The van der Waals surface area contributed by atoms with E-state index in [1.807, 2.05) is 0 Å². The summed E-state index contributed by atoms with van der Waals surface area (Å²) < 4.78 is 37.1. The normalized spacial score (nSPS) is 11.3. The molecule has 0 aliphatic carbocycles. The number of rotatable bonds is 3. The summed E-state index contributed by atoms with van der Waals surface area (Å²) in [6.45, 7) is 0.169. The lowest BCUT2D eigenvalue weighted by Gasteiger charge is -2.07. The maximum Gasteiger partial charge on any atom is 0.431 e. The van der Waals surface area contributed by atoms with Crippen molar-refractivity contribution in [2.75, 3.05) is 0 Å². The van der Waals surface area contributed by atoms with Crippen molar-refractivity contribution < 1.29 is 18.0 Å². The molecule has 2 aromatic heterocycles. The Hall–Kier alpha value is -2.51. The highest BCUT2D eigenvalue weighted by Gasteiger charge is 2.32. The molecule has 2 aromatic rings. The molecule has 0 aromatic carbocycles. The van der Waals surface area contributed by atoms with Crippen LogP contribution in [0.1, 0.15) is 21.6 Å². The minimum absolute atomic E-state index is 0.169. The first-order chi connectivity index (χ1) is 9.38. The Balaban J connectivity index is 2.13. The molecule has 0 radical (unpaired) electrons. The van der Waals surface area contributed by atoms with E-state index in [0.29, 0.717) is 6.07 Å². The van der Waals surface area contributed by atoms with Gasteiger partial charge in [0.05, 0.1) is 0 Å². The van der Waals surface area contributed by atoms with Gasteiger partial charge in [0.25, 0.3) is 11.5 Å². The molecule has 0 spiro atoms. The third kappa shape index (κ3) is 3.08. The number of aromatic amines is 2. The van der Waals surface area contributed by atoms with Crippen LogP contribution in [-0.2, 0) is 12.7 Å². The summed E-state index contributed by atoms with van der Waals surface area (Å²) in [5, 5.41) is 2.44. The summed E-state index contributed by atoms with van der Waals surface area (Å²) >= 11 is 0. The van der Waals surface area contributed by atoms with E-state index < -0.39 is 23.3 Å². The topological polar surface area (TPSA) is 77.8 Å². The van der Waals surface area contributed by atoms with E-state index in [1.54, 1.807) is 23.4 Å². The van der Waals surface area contributed by atoms with Gasteiger partial charge in [-0.25, -0.2) is 0 Å². The molecule has 0 aliphatic rings. The van der Waals surface area contributed by atoms with Gasteiger partial charge in [0, 0.05) is 18.9 Å². The zero-order valence-corrected chi connectivity index (χ0v) is 10.0. The first-order valence-electron chi connectivity index (χ1n) is 5.58. The second-order valence-electron chi connectivity index (χ2n) is 4.01. The number of aromatic nitrogens is 2. The largest absolute Gasteiger partial charge is 0.431 e. The van der Waals surface area contributed by atoms with E-state index in [-0.39, 0.29) is 12.1 Å². The Labute approximate surface area is 110 Å². The zero-order chi connectivity index (χ0) is 14.8. The fraction of sp³-hybridized carbons (Fsp3) is 0.167. The minimum Gasteiger partial charge on any atom is -0.367 e. The van der Waals surface area contributed by atoms with Crippen LogP contribution in [0.2, 0.25) is 0 Å². The third-order valence-electron chi connectivity index (χ3n) is 2.57. The average Bonchev–Trinajstić information content (AvgIpc) is 2.87. The van der Waals surface area contributed by atoms with Crippen molar-refractivity contribution in [1.82, 2.24) is 15.3 Å². The van der Waals surface area contributed by atoms with Crippen LogP contribution in [0.3, 0.4) is 0 Å². The van der Waals surface area contributed by atoms with Gasteiger partial charge in [0.15, 0.2) is 0 Å². The summed E-state index contributed by atoms with van der Waals surface area (Å²) in [4.78, 5) is 27.6. The maximum absolute atomic E-state index is 12.4. The van der Waals surface area contributed by atoms with Crippen LogP contribution >= 0.6 is 0 Å². The van der Waals surface area contributed by atoms with E-state index in [9.17, 15) is 22.8 Å². The lowest BCUT2D eigenvalue weighted by molar-refractivity contribution is -0.141. The molecule has 0 aliphatic heterocycles. The Morgan fingerprint density at radius 1 is 1.25 bits per heavy atom. The van der Waals surface area contributed by atoms with E-state index in [4.69, 9.17) is 0 Å². The molecule has 2 rings (SSSR count). The van der Waals surface area contributed by atoms with Gasteiger partial charge in [-0.1, -0.05) is 0 Å². The third-order valence-corrected chi connectivity index (χ3v) is 2.57. The molecule has 3 N–H and O–H groups in total. The average molecular weight is 285 g/mol. The van der Waals surface area contributed by atoms with Gasteiger partial charge in [0.1, 0.15) is 11.3 Å². The van der Waals surface area contributed by atoms with Crippen LogP contribution in [0.25, 0.3) is 0 Å². The molecule has 106 valence electrons. The predicted octanol–water partition coefficient (Wildman–Crippen LogP) is 1.65. The maximum atomic E-state index is 12.4. The minimum atomic E-state index is -4.65. The van der Waals surface area contributed by atoms with Crippen molar-refractivity contribution in [3.63, 3.8) is 0 Å². The van der Waals surface area contributed by atoms with Crippen molar-refractivity contribution in [2.24, 2.45) is 0 Å². The molecular formula is C12H10F3N3O2. The van der Waals surface area contributed by atoms with Crippen LogP contribution in [0, 0.1) is 0 Å². The summed E-state index contributed by atoms with van der Waals surface area (Å²) in [6, 6.07) is 3.23. The Morgan fingerprint density at radius 3 is 2.55 bits per heavy atom. The van der Waals surface area contributed by atoms with Crippen LogP contribution in [-0.4, -0.2) is 15.9 Å². The van der Waals surface area contributed by atoms with Crippen molar-refractivity contribution in [2.45, 2.75) is 12.7 Å². The molecule has 0 saturated carbocycles. The molecule has 0 fully saturated rings. The van der Waals surface area contributed by atoms with E-state index in [0.717, 1.165) is 11.6 Å². The number of carbonyl (C=O) groups is 1.